The van der Waals surface area contributed by atoms with Gasteiger partial charge in [0.25, 0.3) is 5.91 Å². The number of aromatic nitrogens is 1. The highest BCUT2D eigenvalue weighted by atomic mass is 19.3. The molecule has 0 aliphatic carbocycles. The average Bonchev–Trinajstić information content (AvgIpc) is 2.71. The van der Waals surface area contributed by atoms with Gasteiger partial charge in [-0.05, 0) is 31.3 Å². The summed E-state index contributed by atoms with van der Waals surface area (Å²) < 4.78 is 37.7. The molecule has 0 bridgehead atoms. The Kier molecular flexibility index (Phi) is 7.86. The summed E-state index contributed by atoms with van der Waals surface area (Å²) >= 11 is 0. The molecule has 6 nitrogen and oxygen atoms in total. The van der Waals surface area contributed by atoms with Gasteiger partial charge in [0.05, 0.1) is 12.6 Å². The molecular formula is C20H22F3N3O3. The second-order valence-electron chi connectivity index (χ2n) is 6.73. The topological polar surface area (TPSA) is 82.5 Å². The zero-order chi connectivity index (χ0) is 21.6. The lowest BCUT2D eigenvalue weighted by atomic mass is 9.99. The second kappa shape index (κ2) is 10.1. The van der Waals surface area contributed by atoms with Crippen molar-refractivity contribution in [2.45, 2.75) is 18.6 Å². The molecular weight excluding hydrogens is 387 g/mol. The summed E-state index contributed by atoms with van der Waals surface area (Å²) in [5.41, 5.74) is 2.06. The smallest absolute Gasteiger partial charge is 0.315 e. The number of amides is 1. The Bertz CT molecular complexity index is 827. The number of halogens is 3. The van der Waals surface area contributed by atoms with Gasteiger partial charge in [0, 0.05) is 11.8 Å². The van der Waals surface area contributed by atoms with Crippen LogP contribution in [0.5, 0.6) is 0 Å². The molecule has 0 saturated carbocycles. The SMILES string of the molecule is CN(C)CC(=O)c1ccc(-c2ccc([C@@H](O)[C@@H](CF)NC(=O)C(F)F)cc2)cn1. The molecule has 0 aliphatic rings. The molecule has 1 amide bonds. The number of nitrogens with zero attached hydrogens (tertiary/aromatic N) is 2. The van der Waals surface area contributed by atoms with Gasteiger partial charge < -0.3 is 15.3 Å². The normalized spacial score (nSPS) is 13.4. The van der Waals surface area contributed by atoms with Crippen molar-refractivity contribution in [2.75, 3.05) is 27.3 Å². The maximum absolute atomic E-state index is 13.1. The van der Waals surface area contributed by atoms with Crippen LogP contribution in [0.2, 0.25) is 0 Å². The molecule has 1 heterocycles. The number of likely N-dealkylation sites (N-methyl/N-ethyl adjacent to an activating group) is 1. The van der Waals surface area contributed by atoms with Gasteiger partial charge in [-0.2, -0.15) is 8.78 Å². The van der Waals surface area contributed by atoms with Gasteiger partial charge in [0.1, 0.15) is 18.5 Å². The predicted octanol–water partition coefficient (Wildman–Crippen LogP) is 2.25. The number of Topliss-reactive ketones (excluding diaryl/α,β-unsaturated/α-hetero) is 1. The van der Waals surface area contributed by atoms with Crippen LogP contribution in [-0.2, 0) is 4.79 Å². The fraction of sp³-hybridized carbons (Fsp3) is 0.350. The molecule has 0 aliphatic heterocycles. The molecule has 0 unspecified atom stereocenters. The van der Waals surface area contributed by atoms with Crippen molar-refractivity contribution < 1.29 is 27.9 Å². The van der Waals surface area contributed by atoms with Crippen molar-refractivity contribution in [1.82, 2.24) is 15.2 Å². The van der Waals surface area contributed by atoms with Crippen LogP contribution >= 0.6 is 0 Å². The summed E-state index contributed by atoms with van der Waals surface area (Å²) in [7, 11) is 3.57. The van der Waals surface area contributed by atoms with Crippen LogP contribution < -0.4 is 5.32 Å². The number of ketones is 1. The van der Waals surface area contributed by atoms with Crippen LogP contribution in [-0.4, -0.2) is 66.5 Å². The molecule has 0 fully saturated rings. The minimum atomic E-state index is -3.29. The van der Waals surface area contributed by atoms with E-state index in [-0.39, 0.29) is 17.9 Å². The molecule has 2 rings (SSSR count). The highest BCUT2D eigenvalue weighted by Gasteiger charge is 2.26. The maximum atomic E-state index is 13.1. The van der Waals surface area contributed by atoms with Crippen LogP contribution in [0, 0.1) is 0 Å². The van der Waals surface area contributed by atoms with Gasteiger partial charge >= 0.3 is 6.43 Å². The molecule has 1 aromatic heterocycles. The Morgan fingerprint density at radius 1 is 1.10 bits per heavy atom. The molecule has 156 valence electrons. The van der Waals surface area contributed by atoms with Gasteiger partial charge in [0.2, 0.25) is 0 Å². The first-order valence-corrected chi connectivity index (χ1v) is 8.79. The third-order valence-corrected chi connectivity index (χ3v) is 4.17. The number of nitrogens with one attached hydrogen (secondary N) is 1. The number of carbonyl (C=O) groups excluding carboxylic acids is 2. The van der Waals surface area contributed by atoms with Crippen LogP contribution in [0.3, 0.4) is 0 Å². The first kappa shape index (κ1) is 22.5. The summed E-state index contributed by atoms with van der Waals surface area (Å²) in [4.78, 5) is 29.0. The fourth-order valence-corrected chi connectivity index (χ4v) is 2.65. The standard InChI is InChI=1S/C20H22F3N3O3/c1-26(2)11-17(27)15-8-7-14(10-24-15)12-3-5-13(6-4-12)18(28)16(9-21)25-20(29)19(22)23/h3-8,10,16,18-19,28H,9,11H2,1-2H3,(H,25,29)/t16-,18-/m1/s1. The van der Waals surface area contributed by atoms with Crippen molar-refractivity contribution >= 4 is 11.7 Å². The number of pyridine rings is 1. The molecule has 2 atom stereocenters. The molecule has 0 saturated heterocycles. The van der Waals surface area contributed by atoms with E-state index in [0.29, 0.717) is 5.69 Å². The number of aliphatic hydroxyl groups is 1. The number of hydrogen-bond acceptors (Lipinski definition) is 5. The largest absolute Gasteiger partial charge is 0.386 e. The zero-order valence-corrected chi connectivity index (χ0v) is 16.0. The first-order chi connectivity index (χ1) is 13.7. The third kappa shape index (κ3) is 6.10. The Hall–Kier alpha value is -2.78. The molecule has 0 radical (unpaired) electrons. The van der Waals surface area contributed by atoms with E-state index in [4.69, 9.17) is 0 Å². The number of rotatable bonds is 9. The number of benzene rings is 1. The molecule has 29 heavy (non-hydrogen) atoms. The van der Waals surface area contributed by atoms with Crippen molar-refractivity contribution in [2.24, 2.45) is 0 Å². The van der Waals surface area contributed by atoms with Crippen molar-refractivity contribution in [1.29, 1.82) is 0 Å². The van der Waals surface area contributed by atoms with E-state index >= 15 is 0 Å². The summed E-state index contributed by atoms with van der Waals surface area (Å²) in [5.74, 6) is -1.75. The lowest BCUT2D eigenvalue weighted by Gasteiger charge is -2.22. The number of carbonyl (C=O) groups is 2. The minimum Gasteiger partial charge on any atom is -0.386 e. The molecule has 1 aromatic carbocycles. The van der Waals surface area contributed by atoms with Gasteiger partial charge in [-0.1, -0.05) is 30.3 Å². The summed E-state index contributed by atoms with van der Waals surface area (Å²) in [5, 5.41) is 12.0. The first-order valence-electron chi connectivity index (χ1n) is 8.79. The van der Waals surface area contributed by atoms with Gasteiger partial charge in [0.15, 0.2) is 5.78 Å². The zero-order valence-electron chi connectivity index (χ0n) is 16.0. The molecule has 2 aromatic rings. The summed E-state index contributed by atoms with van der Waals surface area (Å²) in [6.07, 6.45) is -3.23. The van der Waals surface area contributed by atoms with Crippen molar-refractivity contribution in [3.8, 4) is 11.1 Å². The number of alkyl halides is 3. The average molecular weight is 409 g/mol. The van der Waals surface area contributed by atoms with Crippen LogP contribution in [0.25, 0.3) is 11.1 Å². The Labute approximate surface area is 166 Å². The molecule has 2 N–H and O–H groups in total. The van der Waals surface area contributed by atoms with Crippen molar-refractivity contribution in [3.63, 3.8) is 0 Å². The monoisotopic (exact) mass is 409 g/mol. The molecule has 0 spiro atoms. The maximum Gasteiger partial charge on any atom is 0.315 e. The Balaban J connectivity index is 2.11. The van der Waals surface area contributed by atoms with Crippen molar-refractivity contribution in [3.05, 3.63) is 53.9 Å². The second-order valence-corrected chi connectivity index (χ2v) is 6.73. The Morgan fingerprint density at radius 3 is 2.21 bits per heavy atom. The fourth-order valence-electron chi connectivity index (χ4n) is 2.65. The van der Waals surface area contributed by atoms with Gasteiger partial charge in [-0.15, -0.1) is 0 Å². The molecule has 9 heteroatoms. The lowest BCUT2D eigenvalue weighted by molar-refractivity contribution is -0.133. The lowest BCUT2D eigenvalue weighted by Crippen LogP contribution is -2.43. The Morgan fingerprint density at radius 2 is 1.72 bits per heavy atom. The highest BCUT2D eigenvalue weighted by Crippen LogP contribution is 2.24. The van der Waals surface area contributed by atoms with E-state index in [9.17, 15) is 27.9 Å². The predicted molar refractivity (Wildman–Crippen MR) is 101 cm³/mol. The van der Waals surface area contributed by atoms with E-state index in [2.05, 4.69) is 4.98 Å². The number of hydrogen-bond donors (Lipinski definition) is 2. The minimum absolute atomic E-state index is 0.108. The van der Waals surface area contributed by atoms with Crippen LogP contribution in [0.4, 0.5) is 13.2 Å². The van der Waals surface area contributed by atoms with Gasteiger partial charge in [-0.3, -0.25) is 14.6 Å². The van der Waals surface area contributed by atoms with E-state index in [0.717, 1.165) is 11.1 Å². The quantitative estimate of drug-likeness (QED) is 0.621. The summed E-state index contributed by atoms with van der Waals surface area (Å²) in [6.45, 7) is -0.954. The van der Waals surface area contributed by atoms with E-state index in [1.54, 1.807) is 54.8 Å². The number of aliphatic hydroxyl groups excluding tert-OH is 1. The summed E-state index contributed by atoms with van der Waals surface area (Å²) in [6, 6.07) is 8.15. The van der Waals surface area contributed by atoms with E-state index < -0.39 is 31.2 Å². The van der Waals surface area contributed by atoms with E-state index in [1.165, 1.54) is 12.1 Å². The van der Waals surface area contributed by atoms with Crippen LogP contribution in [0.15, 0.2) is 42.6 Å². The third-order valence-electron chi connectivity index (χ3n) is 4.17. The van der Waals surface area contributed by atoms with E-state index in [1.807, 2.05) is 0 Å². The highest BCUT2D eigenvalue weighted by molar-refractivity contribution is 5.96. The van der Waals surface area contributed by atoms with Gasteiger partial charge in [-0.25, -0.2) is 4.39 Å². The van der Waals surface area contributed by atoms with Crippen LogP contribution in [0.1, 0.15) is 22.2 Å².